The first-order valence-corrected chi connectivity index (χ1v) is 7.94. The topological polar surface area (TPSA) is 61.8 Å². The highest BCUT2D eigenvalue weighted by Gasteiger charge is 2.25. The number of ether oxygens (including phenoxy) is 1. The molecule has 1 saturated heterocycles. The average Bonchev–Trinajstić information content (AvgIpc) is 2.53. The largest absolute Gasteiger partial charge is 0.496 e. The van der Waals surface area contributed by atoms with Crippen LogP contribution in [0.3, 0.4) is 0 Å². The number of carbonyl (C=O) groups is 1. The highest BCUT2D eigenvalue weighted by molar-refractivity contribution is 5.74. The van der Waals surface area contributed by atoms with E-state index >= 15 is 0 Å². The van der Waals surface area contributed by atoms with Crippen molar-refractivity contribution in [1.82, 2.24) is 10.2 Å². The van der Waals surface area contributed by atoms with Crippen LogP contribution in [0.15, 0.2) is 18.2 Å². The third kappa shape index (κ3) is 4.13. The third-order valence-corrected chi connectivity index (χ3v) is 4.25. The van der Waals surface area contributed by atoms with Gasteiger partial charge in [-0.1, -0.05) is 12.1 Å². The maximum Gasteiger partial charge on any atom is 0.317 e. The highest BCUT2D eigenvalue weighted by Crippen LogP contribution is 2.20. The van der Waals surface area contributed by atoms with E-state index in [0.717, 1.165) is 42.7 Å². The molecule has 0 aromatic heterocycles. The van der Waals surface area contributed by atoms with Crippen molar-refractivity contribution in [3.63, 3.8) is 0 Å². The van der Waals surface area contributed by atoms with Gasteiger partial charge in [-0.2, -0.15) is 0 Å². The summed E-state index contributed by atoms with van der Waals surface area (Å²) < 4.78 is 5.24. The Hall–Kier alpha value is -1.75. The van der Waals surface area contributed by atoms with Gasteiger partial charge in [-0.25, -0.2) is 4.79 Å². The maximum atomic E-state index is 12.4. The number of nitrogens with one attached hydrogen (secondary N) is 1. The van der Waals surface area contributed by atoms with Gasteiger partial charge >= 0.3 is 6.03 Å². The molecule has 22 heavy (non-hydrogen) atoms. The molecule has 1 aromatic carbocycles. The predicted molar refractivity (Wildman–Crippen MR) is 86.0 cm³/mol. The maximum absolute atomic E-state index is 12.4. The Morgan fingerprint density at radius 2 is 2.27 bits per heavy atom. The standard InChI is InChI=1S/C17H26N2O3/c1-13-11-14(6-7-16(13)22-2)12-18-17(21)19-9-4-3-5-15(19)8-10-20/h6-7,11,15,20H,3-5,8-10,12H2,1-2H3,(H,18,21). The van der Waals surface area contributed by atoms with E-state index in [1.807, 2.05) is 30.0 Å². The molecule has 1 heterocycles. The first-order valence-electron chi connectivity index (χ1n) is 7.94. The number of likely N-dealkylation sites (tertiary alicyclic amines) is 1. The number of methoxy groups -OCH3 is 1. The molecule has 1 fully saturated rings. The molecular formula is C17H26N2O3. The molecule has 1 atom stereocenters. The molecular weight excluding hydrogens is 280 g/mol. The van der Waals surface area contributed by atoms with Crippen molar-refractivity contribution in [2.75, 3.05) is 20.3 Å². The van der Waals surface area contributed by atoms with Crippen molar-refractivity contribution >= 4 is 6.03 Å². The van der Waals surface area contributed by atoms with E-state index in [-0.39, 0.29) is 18.7 Å². The van der Waals surface area contributed by atoms with Crippen LogP contribution >= 0.6 is 0 Å². The number of piperidine rings is 1. The zero-order valence-corrected chi connectivity index (χ0v) is 13.5. The van der Waals surface area contributed by atoms with E-state index in [1.165, 1.54) is 0 Å². The number of hydrogen-bond acceptors (Lipinski definition) is 3. The lowest BCUT2D eigenvalue weighted by Gasteiger charge is -2.35. The van der Waals surface area contributed by atoms with Crippen LogP contribution in [0, 0.1) is 6.92 Å². The summed E-state index contributed by atoms with van der Waals surface area (Å²) in [6.45, 7) is 3.41. The van der Waals surface area contributed by atoms with E-state index in [1.54, 1.807) is 7.11 Å². The second-order valence-electron chi connectivity index (χ2n) is 5.82. The fourth-order valence-corrected chi connectivity index (χ4v) is 3.05. The van der Waals surface area contributed by atoms with Crippen molar-refractivity contribution < 1.29 is 14.6 Å². The Bertz CT molecular complexity index is 503. The number of urea groups is 1. The minimum Gasteiger partial charge on any atom is -0.496 e. The van der Waals surface area contributed by atoms with Crippen LogP contribution in [0.4, 0.5) is 4.79 Å². The van der Waals surface area contributed by atoms with Gasteiger partial charge in [0.05, 0.1) is 7.11 Å². The fourth-order valence-electron chi connectivity index (χ4n) is 3.05. The lowest BCUT2D eigenvalue weighted by Crippen LogP contribution is -2.48. The van der Waals surface area contributed by atoms with Gasteiger partial charge in [0.2, 0.25) is 0 Å². The van der Waals surface area contributed by atoms with Crippen molar-refractivity contribution in [3.05, 3.63) is 29.3 Å². The fraction of sp³-hybridized carbons (Fsp3) is 0.588. The molecule has 5 heteroatoms. The van der Waals surface area contributed by atoms with Crippen LogP contribution in [0.25, 0.3) is 0 Å². The van der Waals surface area contributed by atoms with Gasteiger partial charge in [0, 0.05) is 25.7 Å². The Morgan fingerprint density at radius 1 is 1.45 bits per heavy atom. The second kappa shape index (κ2) is 8.03. The molecule has 2 N–H and O–H groups in total. The van der Waals surface area contributed by atoms with Gasteiger partial charge in [-0.3, -0.25) is 0 Å². The summed E-state index contributed by atoms with van der Waals surface area (Å²) in [5, 5.41) is 12.1. The zero-order valence-electron chi connectivity index (χ0n) is 13.5. The average molecular weight is 306 g/mol. The van der Waals surface area contributed by atoms with Gasteiger partial charge in [0.15, 0.2) is 0 Å². The molecule has 1 aliphatic heterocycles. The van der Waals surface area contributed by atoms with Gasteiger partial charge < -0.3 is 20.1 Å². The number of rotatable bonds is 5. The van der Waals surface area contributed by atoms with Crippen molar-refractivity contribution in [2.24, 2.45) is 0 Å². The lowest BCUT2D eigenvalue weighted by molar-refractivity contribution is 0.131. The summed E-state index contributed by atoms with van der Waals surface area (Å²) >= 11 is 0. The van der Waals surface area contributed by atoms with Crippen molar-refractivity contribution in [3.8, 4) is 5.75 Å². The van der Waals surface area contributed by atoms with E-state index in [9.17, 15) is 4.79 Å². The summed E-state index contributed by atoms with van der Waals surface area (Å²) in [7, 11) is 1.65. The summed E-state index contributed by atoms with van der Waals surface area (Å²) in [6, 6.07) is 6.04. The molecule has 0 radical (unpaired) electrons. The molecule has 0 aliphatic carbocycles. The minimum atomic E-state index is -0.0355. The molecule has 0 bridgehead atoms. The van der Waals surface area contributed by atoms with Gasteiger partial charge in [0.25, 0.3) is 0 Å². The normalized spacial score (nSPS) is 18.1. The molecule has 122 valence electrons. The van der Waals surface area contributed by atoms with Gasteiger partial charge in [-0.15, -0.1) is 0 Å². The van der Waals surface area contributed by atoms with Crippen molar-refractivity contribution in [2.45, 2.75) is 45.2 Å². The number of carbonyl (C=O) groups excluding carboxylic acids is 1. The van der Waals surface area contributed by atoms with E-state index < -0.39 is 0 Å². The molecule has 0 spiro atoms. The molecule has 1 aromatic rings. The number of aryl methyl sites for hydroxylation is 1. The highest BCUT2D eigenvalue weighted by atomic mass is 16.5. The number of nitrogens with zero attached hydrogens (tertiary/aromatic N) is 1. The van der Waals surface area contributed by atoms with Crippen LogP contribution < -0.4 is 10.1 Å². The van der Waals surface area contributed by atoms with Crippen LogP contribution in [-0.2, 0) is 6.54 Å². The number of benzene rings is 1. The first-order chi connectivity index (χ1) is 10.7. The van der Waals surface area contributed by atoms with E-state index in [0.29, 0.717) is 13.0 Å². The van der Waals surface area contributed by atoms with Crippen molar-refractivity contribution in [1.29, 1.82) is 0 Å². The van der Waals surface area contributed by atoms with E-state index in [2.05, 4.69) is 5.32 Å². The number of hydrogen-bond donors (Lipinski definition) is 2. The quantitative estimate of drug-likeness (QED) is 0.878. The van der Waals surface area contributed by atoms with Crippen LogP contribution in [0.5, 0.6) is 5.75 Å². The minimum absolute atomic E-state index is 0.0355. The number of aliphatic hydroxyl groups excluding tert-OH is 1. The lowest BCUT2D eigenvalue weighted by atomic mass is 10.0. The molecule has 2 rings (SSSR count). The number of amides is 2. The van der Waals surface area contributed by atoms with E-state index in [4.69, 9.17) is 9.84 Å². The van der Waals surface area contributed by atoms with Crippen LogP contribution in [0.2, 0.25) is 0 Å². The monoisotopic (exact) mass is 306 g/mol. The zero-order chi connectivity index (χ0) is 15.9. The van der Waals surface area contributed by atoms with Gasteiger partial charge in [0.1, 0.15) is 5.75 Å². The summed E-state index contributed by atoms with van der Waals surface area (Å²) in [4.78, 5) is 14.2. The van der Waals surface area contributed by atoms with Gasteiger partial charge in [-0.05, 0) is 49.8 Å². The summed E-state index contributed by atoms with van der Waals surface area (Å²) in [5.74, 6) is 0.856. The number of aliphatic hydroxyl groups is 1. The molecule has 5 nitrogen and oxygen atoms in total. The smallest absolute Gasteiger partial charge is 0.317 e. The molecule has 0 saturated carbocycles. The first kappa shape index (κ1) is 16.6. The predicted octanol–water partition coefficient (Wildman–Crippen LogP) is 2.45. The third-order valence-electron chi connectivity index (χ3n) is 4.25. The molecule has 1 unspecified atom stereocenters. The summed E-state index contributed by atoms with van der Waals surface area (Å²) in [6.07, 6.45) is 3.81. The Kier molecular flexibility index (Phi) is 6.07. The Morgan fingerprint density at radius 3 is 2.95 bits per heavy atom. The second-order valence-corrected chi connectivity index (χ2v) is 5.82. The molecule has 2 amide bonds. The summed E-state index contributed by atoms with van der Waals surface area (Å²) in [5.41, 5.74) is 2.12. The molecule has 1 aliphatic rings. The van der Waals surface area contributed by atoms with Crippen LogP contribution in [-0.4, -0.2) is 42.3 Å². The Balaban J connectivity index is 1.92. The Labute approximate surface area is 132 Å². The van der Waals surface area contributed by atoms with Crippen LogP contribution in [0.1, 0.15) is 36.8 Å². The SMILES string of the molecule is COc1ccc(CNC(=O)N2CCCCC2CCO)cc1C.